The molecule has 0 saturated carbocycles. The summed E-state index contributed by atoms with van der Waals surface area (Å²) in [6.07, 6.45) is 0.563. The average Bonchev–Trinajstić information content (AvgIpc) is 2.16. The first-order valence-electron chi connectivity index (χ1n) is 4.97. The van der Waals surface area contributed by atoms with Crippen molar-refractivity contribution < 1.29 is 9.84 Å². The first-order valence-corrected chi connectivity index (χ1v) is 5.35. The number of hydrogen-bond acceptors (Lipinski definition) is 2. The summed E-state index contributed by atoms with van der Waals surface area (Å²) in [5.74, 6) is 6.31. The molecule has 0 radical (unpaired) electrons. The van der Waals surface area contributed by atoms with Crippen molar-refractivity contribution in [3.63, 3.8) is 0 Å². The van der Waals surface area contributed by atoms with Crippen LogP contribution >= 0.6 is 11.6 Å². The summed E-state index contributed by atoms with van der Waals surface area (Å²) in [4.78, 5) is 0. The van der Waals surface area contributed by atoms with Gasteiger partial charge in [0.25, 0.3) is 0 Å². The molecule has 0 amide bonds. The Kier molecular flexibility index (Phi) is 4.23. The normalized spacial score (nSPS) is 10.6. The van der Waals surface area contributed by atoms with Gasteiger partial charge < -0.3 is 9.84 Å². The maximum absolute atomic E-state index is 9.41. The molecule has 0 fully saturated rings. The fourth-order valence-electron chi connectivity index (χ4n) is 1.18. The average molecular weight is 239 g/mol. The molecular formula is C13H15ClO2. The lowest BCUT2D eigenvalue weighted by molar-refractivity contribution is 0.143. The smallest absolute Gasteiger partial charge is 0.137 e. The van der Waals surface area contributed by atoms with Crippen LogP contribution in [0.3, 0.4) is 0 Å². The summed E-state index contributed by atoms with van der Waals surface area (Å²) in [6.45, 7) is 3.31. The van der Waals surface area contributed by atoms with E-state index in [-0.39, 0.29) is 0 Å². The number of benzene rings is 1. The molecule has 0 spiro atoms. The Morgan fingerprint density at radius 1 is 1.44 bits per heavy atom. The lowest BCUT2D eigenvalue weighted by Gasteiger charge is -2.06. The van der Waals surface area contributed by atoms with Crippen LogP contribution in [0.2, 0.25) is 5.02 Å². The summed E-state index contributed by atoms with van der Waals surface area (Å²) < 4.78 is 5.05. The van der Waals surface area contributed by atoms with Crippen LogP contribution < -0.4 is 4.74 Å². The van der Waals surface area contributed by atoms with Crippen LogP contribution in [-0.4, -0.2) is 17.8 Å². The Morgan fingerprint density at radius 3 is 2.62 bits per heavy atom. The minimum absolute atomic E-state index is 0.563. The first-order chi connectivity index (χ1) is 7.42. The van der Waals surface area contributed by atoms with E-state index in [1.165, 1.54) is 0 Å². The van der Waals surface area contributed by atoms with E-state index in [1.807, 2.05) is 18.2 Å². The highest BCUT2D eigenvalue weighted by molar-refractivity contribution is 6.32. The van der Waals surface area contributed by atoms with Gasteiger partial charge >= 0.3 is 0 Å². The van der Waals surface area contributed by atoms with E-state index in [1.54, 1.807) is 21.0 Å². The summed E-state index contributed by atoms with van der Waals surface area (Å²) in [5.41, 5.74) is 0.0542. The predicted octanol–water partition coefficient (Wildman–Crippen LogP) is 2.67. The van der Waals surface area contributed by atoms with Crippen LogP contribution in [0.1, 0.15) is 19.4 Å². The fraction of sp³-hybridized carbons (Fsp3) is 0.385. The van der Waals surface area contributed by atoms with E-state index in [9.17, 15) is 5.11 Å². The summed E-state index contributed by atoms with van der Waals surface area (Å²) in [6, 6.07) is 5.53. The molecule has 0 unspecified atom stereocenters. The van der Waals surface area contributed by atoms with Crippen molar-refractivity contribution in [2.75, 3.05) is 7.11 Å². The molecule has 1 N–H and O–H groups in total. The molecule has 1 aromatic rings. The van der Waals surface area contributed by atoms with Crippen LogP contribution in [0.15, 0.2) is 18.2 Å². The van der Waals surface area contributed by atoms with Crippen molar-refractivity contribution >= 4 is 11.6 Å². The maximum Gasteiger partial charge on any atom is 0.137 e. The largest absolute Gasteiger partial charge is 0.495 e. The SMILES string of the molecule is COc1ccc(CC#CC(C)(C)O)cc1Cl. The van der Waals surface area contributed by atoms with E-state index in [4.69, 9.17) is 16.3 Å². The zero-order chi connectivity index (χ0) is 12.2. The number of ether oxygens (including phenoxy) is 1. The van der Waals surface area contributed by atoms with Crippen molar-refractivity contribution in [2.24, 2.45) is 0 Å². The van der Waals surface area contributed by atoms with Gasteiger partial charge in [-0.25, -0.2) is 0 Å². The predicted molar refractivity (Wildman–Crippen MR) is 65.8 cm³/mol. The standard InChI is InChI=1S/C13H15ClO2/c1-13(2,15)8-4-5-10-6-7-12(16-3)11(14)9-10/h6-7,9,15H,5H2,1-3H3. The Labute approximate surface area is 101 Å². The fourth-order valence-corrected chi connectivity index (χ4v) is 1.46. The molecule has 16 heavy (non-hydrogen) atoms. The van der Waals surface area contributed by atoms with Crippen molar-refractivity contribution in [3.05, 3.63) is 28.8 Å². The molecule has 3 heteroatoms. The van der Waals surface area contributed by atoms with Gasteiger partial charge in [-0.2, -0.15) is 0 Å². The molecule has 0 aliphatic carbocycles. The molecule has 2 nitrogen and oxygen atoms in total. The molecule has 0 bridgehead atoms. The van der Waals surface area contributed by atoms with Gasteiger partial charge in [-0.05, 0) is 31.5 Å². The summed E-state index contributed by atoms with van der Waals surface area (Å²) in [5, 5.41) is 9.99. The van der Waals surface area contributed by atoms with Crippen molar-refractivity contribution in [3.8, 4) is 17.6 Å². The quantitative estimate of drug-likeness (QED) is 0.803. The van der Waals surface area contributed by atoms with Crippen molar-refractivity contribution in [2.45, 2.75) is 25.9 Å². The van der Waals surface area contributed by atoms with E-state index in [0.717, 1.165) is 5.56 Å². The number of methoxy groups -OCH3 is 1. The molecule has 1 aromatic carbocycles. The highest BCUT2D eigenvalue weighted by atomic mass is 35.5. The molecule has 0 aliphatic heterocycles. The Hall–Kier alpha value is -1.17. The van der Waals surface area contributed by atoms with Crippen LogP contribution in [0.4, 0.5) is 0 Å². The van der Waals surface area contributed by atoms with E-state index in [0.29, 0.717) is 17.2 Å². The van der Waals surface area contributed by atoms with Gasteiger partial charge in [0.2, 0.25) is 0 Å². The second-order valence-corrected chi connectivity index (χ2v) is 4.41. The molecule has 0 heterocycles. The minimum atomic E-state index is -0.948. The van der Waals surface area contributed by atoms with Gasteiger partial charge in [-0.1, -0.05) is 29.5 Å². The van der Waals surface area contributed by atoms with E-state index >= 15 is 0 Å². The number of aliphatic hydroxyl groups is 1. The molecule has 1 rings (SSSR count). The second-order valence-electron chi connectivity index (χ2n) is 4.01. The van der Waals surface area contributed by atoms with E-state index < -0.39 is 5.60 Å². The zero-order valence-corrected chi connectivity index (χ0v) is 10.4. The monoisotopic (exact) mass is 238 g/mol. The molecule has 0 atom stereocenters. The lowest BCUT2D eigenvalue weighted by atomic mass is 10.1. The highest BCUT2D eigenvalue weighted by Gasteiger charge is 2.05. The van der Waals surface area contributed by atoms with Gasteiger partial charge in [-0.15, -0.1) is 0 Å². The number of halogens is 1. The second kappa shape index (κ2) is 5.25. The molecule has 86 valence electrons. The Balaban J connectivity index is 2.75. The third-order valence-corrected chi connectivity index (χ3v) is 2.20. The topological polar surface area (TPSA) is 29.5 Å². The Bertz CT molecular complexity index is 422. The molecule has 0 saturated heterocycles. The number of rotatable bonds is 2. The van der Waals surface area contributed by atoms with Gasteiger partial charge in [0.15, 0.2) is 0 Å². The van der Waals surface area contributed by atoms with Crippen molar-refractivity contribution in [1.29, 1.82) is 0 Å². The number of hydrogen-bond donors (Lipinski definition) is 1. The van der Waals surface area contributed by atoms with Gasteiger partial charge in [0.05, 0.1) is 12.1 Å². The van der Waals surface area contributed by atoms with Crippen molar-refractivity contribution in [1.82, 2.24) is 0 Å². The van der Waals surface area contributed by atoms with Gasteiger partial charge in [0, 0.05) is 6.42 Å². The maximum atomic E-state index is 9.41. The molecular weight excluding hydrogens is 224 g/mol. The third-order valence-electron chi connectivity index (χ3n) is 1.90. The Morgan fingerprint density at radius 2 is 2.12 bits per heavy atom. The first kappa shape index (κ1) is 12.9. The lowest BCUT2D eigenvalue weighted by Crippen LogP contribution is -2.14. The zero-order valence-electron chi connectivity index (χ0n) is 9.67. The molecule has 0 aromatic heterocycles. The van der Waals surface area contributed by atoms with Crippen LogP contribution in [0.5, 0.6) is 5.75 Å². The third kappa shape index (κ3) is 4.14. The summed E-state index contributed by atoms with van der Waals surface area (Å²) >= 11 is 5.98. The van der Waals surface area contributed by atoms with Crippen LogP contribution in [-0.2, 0) is 6.42 Å². The van der Waals surface area contributed by atoms with Gasteiger partial charge in [-0.3, -0.25) is 0 Å². The van der Waals surface area contributed by atoms with Crippen LogP contribution in [0, 0.1) is 11.8 Å². The minimum Gasteiger partial charge on any atom is -0.495 e. The van der Waals surface area contributed by atoms with E-state index in [2.05, 4.69) is 11.8 Å². The molecule has 0 aliphatic rings. The van der Waals surface area contributed by atoms with Gasteiger partial charge in [0.1, 0.15) is 11.4 Å². The highest BCUT2D eigenvalue weighted by Crippen LogP contribution is 2.24. The summed E-state index contributed by atoms with van der Waals surface area (Å²) in [7, 11) is 1.58. The van der Waals surface area contributed by atoms with Crippen LogP contribution in [0.25, 0.3) is 0 Å².